The lowest BCUT2D eigenvalue weighted by Gasteiger charge is -2.35. The van der Waals surface area contributed by atoms with E-state index in [0.717, 1.165) is 0 Å². The lowest BCUT2D eigenvalue weighted by Crippen LogP contribution is -2.45. The predicted molar refractivity (Wildman–Crippen MR) is 77.4 cm³/mol. The van der Waals surface area contributed by atoms with Crippen molar-refractivity contribution < 1.29 is 14.6 Å². The number of amides is 1. The first-order valence-corrected chi connectivity index (χ1v) is 6.95. The van der Waals surface area contributed by atoms with Crippen LogP contribution in [-0.4, -0.2) is 41.2 Å². The summed E-state index contributed by atoms with van der Waals surface area (Å²) in [6.45, 7) is 3.36. The summed E-state index contributed by atoms with van der Waals surface area (Å²) in [7, 11) is 0. The molecule has 5 nitrogen and oxygen atoms in total. The zero-order valence-corrected chi connectivity index (χ0v) is 11.8. The van der Waals surface area contributed by atoms with E-state index in [2.05, 4.69) is 0 Å². The van der Waals surface area contributed by atoms with E-state index < -0.39 is 5.60 Å². The molecule has 1 saturated heterocycles. The number of para-hydroxylation sites is 2. The van der Waals surface area contributed by atoms with Crippen LogP contribution in [0.5, 0.6) is 5.75 Å². The molecule has 0 aromatic heterocycles. The van der Waals surface area contributed by atoms with Gasteiger partial charge in [-0.2, -0.15) is 0 Å². The molecule has 5 heteroatoms. The summed E-state index contributed by atoms with van der Waals surface area (Å²) in [5, 5.41) is 9.85. The fraction of sp³-hybridized carbons (Fsp3) is 0.533. The number of hydrogen-bond donors (Lipinski definition) is 2. The number of rotatable bonds is 4. The van der Waals surface area contributed by atoms with Crippen molar-refractivity contribution in [3.05, 3.63) is 24.3 Å². The molecule has 1 aromatic rings. The second-order valence-corrected chi connectivity index (χ2v) is 5.51. The fourth-order valence-corrected chi connectivity index (χ4v) is 2.26. The van der Waals surface area contributed by atoms with E-state index in [0.29, 0.717) is 50.4 Å². The van der Waals surface area contributed by atoms with Gasteiger partial charge in [-0.05, 0) is 31.9 Å². The van der Waals surface area contributed by atoms with Gasteiger partial charge in [-0.15, -0.1) is 0 Å². The standard InChI is InChI=1S/C15H22N2O3/c1-15(19)7-9-17(10-8-15)14(18)6-11-20-13-5-3-2-4-12(13)16/h2-5,19H,6-11,16H2,1H3. The van der Waals surface area contributed by atoms with Gasteiger partial charge in [-0.25, -0.2) is 0 Å². The van der Waals surface area contributed by atoms with E-state index in [-0.39, 0.29) is 5.91 Å². The number of nitrogens with two attached hydrogens (primary N) is 1. The molecule has 0 bridgehead atoms. The maximum Gasteiger partial charge on any atom is 0.226 e. The number of hydrogen-bond acceptors (Lipinski definition) is 4. The monoisotopic (exact) mass is 278 g/mol. The number of anilines is 1. The highest BCUT2D eigenvalue weighted by molar-refractivity contribution is 5.76. The molecule has 1 fully saturated rings. The maximum atomic E-state index is 12.0. The molecular weight excluding hydrogens is 256 g/mol. The van der Waals surface area contributed by atoms with Gasteiger partial charge in [0.2, 0.25) is 5.91 Å². The number of ether oxygens (including phenoxy) is 1. The minimum Gasteiger partial charge on any atom is -0.491 e. The Kier molecular flexibility index (Phi) is 4.49. The summed E-state index contributed by atoms with van der Waals surface area (Å²) in [4.78, 5) is 13.8. The van der Waals surface area contributed by atoms with Crippen molar-refractivity contribution in [2.75, 3.05) is 25.4 Å². The highest BCUT2D eigenvalue weighted by atomic mass is 16.5. The number of carbonyl (C=O) groups is 1. The third-order valence-electron chi connectivity index (χ3n) is 3.69. The molecule has 110 valence electrons. The topological polar surface area (TPSA) is 75.8 Å². The second-order valence-electron chi connectivity index (χ2n) is 5.51. The Morgan fingerprint density at radius 2 is 2.05 bits per heavy atom. The van der Waals surface area contributed by atoms with E-state index in [1.807, 2.05) is 19.1 Å². The largest absolute Gasteiger partial charge is 0.491 e. The van der Waals surface area contributed by atoms with Crippen LogP contribution < -0.4 is 10.5 Å². The molecule has 20 heavy (non-hydrogen) atoms. The second kappa shape index (κ2) is 6.13. The van der Waals surface area contributed by atoms with Crippen molar-refractivity contribution in [1.29, 1.82) is 0 Å². The first kappa shape index (κ1) is 14.7. The number of benzene rings is 1. The summed E-state index contributed by atoms with van der Waals surface area (Å²) in [6, 6.07) is 7.25. The Hall–Kier alpha value is -1.75. The molecule has 0 unspecified atom stereocenters. The predicted octanol–water partition coefficient (Wildman–Crippen LogP) is 1.41. The lowest BCUT2D eigenvalue weighted by molar-refractivity contribution is -0.135. The summed E-state index contributed by atoms with van der Waals surface area (Å²) in [5.74, 6) is 0.678. The lowest BCUT2D eigenvalue weighted by atomic mass is 9.94. The van der Waals surface area contributed by atoms with Gasteiger partial charge in [-0.1, -0.05) is 12.1 Å². The summed E-state index contributed by atoms with van der Waals surface area (Å²) >= 11 is 0. The molecule has 2 rings (SSSR count). The normalized spacial score (nSPS) is 17.8. The Labute approximate surface area is 119 Å². The van der Waals surface area contributed by atoms with Gasteiger partial charge >= 0.3 is 0 Å². The Morgan fingerprint density at radius 3 is 2.70 bits per heavy atom. The fourth-order valence-electron chi connectivity index (χ4n) is 2.26. The highest BCUT2D eigenvalue weighted by Crippen LogP contribution is 2.22. The van der Waals surface area contributed by atoms with Crippen molar-refractivity contribution in [1.82, 2.24) is 4.90 Å². The Balaban J connectivity index is 1.75. The van der Waals surface area contributed by atoms with Crippen LogP contribution in [0.4, 0.5) is 5.69 Å². The molecule has 0 saturated carbocycles. The third kappa shape index (κ3) is 3.87. The molecule has 0 atom stereocenters. The van der Waals surface area contributed by atoms with Crippen molar-refractivity contribution in [3.8, 4) is 5.75 Å². The van der Waals surface area contributed by atoms with Gasteiger partial charge in [-0.3, -0.25) is 4.79 Å². The van der Waals surface area contributed by atoms with Gasteiger partial charge in [0.15, 0.2) is 0 Å². The van der Waals surface area contributed by atoms with Crippen LogP contribution in [0, 0.1) is 0 Å². The smallest absolute Gasteiger partial charge is 0.226 e. The summed E-state index contributed by atoms with van der Waals surface area (Å²) < 4.78 is 5.52. The number of piperidine rings is 1. The molecule has 0 spiro atoms. The number of nitrogens with zero attached hydrogens (tertiary/aromatic N) is 1. The van der Waals surface area contributed by atoms with Crippen molar-refractivity contribution in [2.24, 2.45) is 0 Å². The van der Waals surface area contributed by atoms with Gasteiger partial charge in [0.1, 0.15) is 5.75 Å². The van der Waals surface area contributed by atoms with Gasteiger partial charge in [0, 0.05) is 13.1 Å². The minimum absolute atomic E-state index is 0.0648. The van der Waals surface area contributed by atoms with E-state index in [1.165, 1.54) is 0 Å². The van der Waals surface area contributed by atoms with Crippen LogP contribution in [0.1, 0.15) is 26.2 Å². The Morgan fingerprint density at radius 1 is 1.40 bits per heavy atom. The van der Waals surface area contributed by atoms with Crippen LogP contribution in [0.3, 0.4) is 0 Å². The SMILES string of the molecule is CC1(O)CCN(C(=O)CCOc2ccccc2N)CC1. The minimum atomic E-state index is -0.633. The molecule has 1 aliphatic rings. The molecule has 0 aliphatic carbocycles. The van der Waals surface area contributed by atoms with E-state index in [1.54, 1.807) is 17.0 Å². The van der Waals surface area contributed by atoms with E-state index >= 15 is 0 Å². The molecule has 1 aromatic carbocycles. The number of nitrogen functional groups attached to an aromatic ring is 1. The summed E-state index contributed by atoms with van der Waals surface area (Å²) in [5.41, 5.74) is 5.71. The number of carbonyl (C=O) groups excluding carboxylic acids is 1. The highest BCUT2D eigenvalue weighted by Gasteiger charge is 2.29. The zero-order valence-electron chi connectivity index (χ0n) is 11.8. The molecule has 1 amide bonds. The molecule has 1 heterocycles. The van der Waals surface area contributed by atoms with Crippen molar-refractivity contribution in [3.63, 3.8) is 0 Å². The summed E-state index contributed by atoms with van der Waals surface area (Å²) in [6.07, 6.45) is 1.59. The zero-order chi connectivity index (χ0) is 14.6. The van der Waals surface area contributed by atoms with E-state index in [9.17, 15) is 9.90 Å². The molecular formula is C15H22N2O3. The van der Waals surface area contributed by atoms with Crippen molar-refractivity contribution in [2.45, 2.75) is 31.8 Å². The van der Waals surface area contributed by atoms with Gasteiger partial charge in [0.05, 0.1) is 24.3 Å². The van der Waals surface area contributed by atoms with Gasteiger partial charge < -0.3 is 20.5 Å². The number of likely N-dealkylation sites (tertiary alicyclic amines) is 1. The quantitative estimate of drug-likeness (QED) is 0.817. The maximum absolute atomic E-state index is 12.0. The Bertz CT molecular complexity index is 464. The molecule has 0 radical (unpaired) electrons. The van der Waals surface area contributed by atoms with Crippen LogP contribution in [-0.2, 0) is 4.79 Å². The van der Waals surface area contributed by atoms with Crippen LogP contribution in [0.25, 0.3) is 0 Å². The third-order valence-corrected chi connectivity index (χ3v) is 3.69. The average Bonchev–Trinajstić information content (AvgIpc) is 2.40. The van der Waals surface area contributed by atoms with Crippen LogP contribution in [0.2, 0.25) is 0 Å². The first-order chi connectivity index (χ1) is 9.48. The average molecular weight is 278 g/mol. The first-order valence-electron chi connectivity index (χ1n) is 6.95. The van der Waals surface area contributed by atoms with E-state index in [4.69, 9.17) is 10.5 Å². The van der Waals surface area contributed by atoms with Crippen molar-refractivity contribution >= 4 is 11.6 Å². The van der Waals surface area contributed by atoms with Gasteiger partial charge in [0.25, 0.3) is 0 Å². The molecule has 3 N–H and O–H groups in total. The number of aliphatic hydroxyl groups is 1. The van der Waals surface area contributed by atoms with Crippen LogP contribution in [0.15, 0.2) is 24.3 Å². The molecule has 1 aliphatic heterocycles. The van der Waals surface area contributed by atoms with Crippen LogP contribution >= 0.6 is 0 Å².